The molecule has 5 nitrogen and oxygen atoms in total. The molecule has 1 saturated heterocycles. The SMILES string of the molecule is CCC(c1ccnc(N)n1)N1CCN(CC)CC1. The monoisotopic (exact) mass is 249 g/mol. The molecule has 0 bridgehead atoms. The summed E-state index contributed by atoms with van der Waals surface area (Å²) in [6, 6.07) is 2.35. The molecule has 100 valence electrons. The fourth-order valence-electron chi connectivity index (χ4n) is 2.62. The molecular weight excluding hydrogens is 226 g/mol. The molecule has 1 atom stereocenters. The molecule has 2 heterocycles. The highest BCUT2D eigenvalue weighted by Crippen LogP contribution is 2.23. The van der Waals surface area contributed by atoms with Crippen molar-refractivity contribution in [3.05, 3.63) is 18.0 Å². The molecule has 1 aromatic heterocycles. The number of hydrogen-bond donors (Lipinski definition) is 1. The molecule has 5 heteroatoms. The first kappa shape index (κ1) is 13.2. The molecule has 2 rings (SSSR count). The lowest BCUT2D eigenvalue weighted by atomic mass is 10.1. The third-order valence-corrected chi connectivity index (χ3v) is 3.72. The smallest absolute Gasteiger partial charge is 0.220 e. The predicted octanol–water partition coefficient (Wildman–Crippen LogP) is 1.15. The van der Waals surface area contributed by atoms with Gasteiger partial charge in [0.2, 0.25) is 5.95 Å². The van der Waals surface area contributed by atoms with Gasteiger partial charge in [0.1, 0.15) is 0 Å². The highest BCUT2D eigenvalue weighted by Gasteiger charge is 2.24. The van der Waals surface area contributed by atoms with Gasteiger partial charge < -0.3 is 10.6 Å². The standard InChI is InChI=1S/C13H23N5/c1-3-12(11-5-6-15-13(14)16-11)18-9-7-17(4-2)8-10-18/h5-6,12H,3-4,7-10H2,1-2H3,(H2,14,15,16). The second kappa shape index (κ2) is 6.11. The lowest BCUT2D eigenvalue weighted by Crippen LogP contribution is -2.47. The van der Waals surface area contributed by atoms with Crippen LogP contribution >= 0.6 is 0 Å². The van der Waals surface area contributed by atoms with Crippen molar-refractivity contribution in [3.8, 4) is 0 Å². The molecule has 1 unspecified atom stereocenters. The van der Waals surface area contributed by atoms with Crippen molar-refractivity contribution in [2.75, 3.05) is 38.5 Å². The van der Waals surface area contributed by atoms with Crippen molar-refractivity contribution in [3.63, 3.8) is 0 Å². The maximum Gasteiger partial charge on any atom is 0.220 e. The summed E-state index contributed by atoms with van der Waals surface area (Å²) < 4.78 is 0. The molecular formula is C13H23N5. The Balaban J connectivity index is 2.05. The maximum atomic E-state index is 5.68. The third kappa shape index (κ3) is 2.97. The zero-order valence-corrected chi connectivity index (χ0v) is 11.3. The van der Waals surface area contributed by atoms with Gasteiger partial charge in [-0.15, -0.1) is 0 Å². The lowest BCUT2D eigenvalue weighted by molar-refractivity contribution is 0.0954. The minimum Gasteiger partial charge on any atom is -0.368 e. The van der Waals surface area contributed by atoms with Crippen molar-refractivity contribution >= 4 is 5.95 Å². The fraction of sp³-hybridized carbons (Fsp3) is 0.692. The number of nitrogen functional groups attached to an aromatic ring is 1. The van der Waals surface area contributed by atoms with Gasteiger partial charge in [0.25, 0.3) is 0 Å². The van der Waals surface area contributed by atoms with E-state index in [4.69, 9.17) is 5.73 Å². The summed E-state index contributed by atoms with van der Waals surface area (Å²) in [4.78, 5) is 13.3. The van der Waals surface area contributed by atoms with Crippen molar-refractivity contribution in [2.45, 2.75) is 26.3 Å². The van der Waals surface area contributed by atoms with Crippen molar-refractivity contribution < 1.29 is 0 Å². The van der Waals surface area contributed by atoms with E-state index in [0.717, 1.165) is 44.8 Å². The summed E-state index contributed by atoms with van der Waals surface area (Å²) in [5.74, 6) is 0.373. The van der Waals surface area contributed by atoms with Crippen LogP contribution in [0.1, 0.15) is 32.0 Å². The van der Waals surface area contributed by atoms with Crippen molar-refractivity contribution in [1.29, 1.82) is 0 Å². The number of nitrogens with zero attached hydrogens (tertiary/aromatic N) is 4. The average Bonchev–Trinajstić information content (AvgIpc) is 2.40. The number of hydrogen-bond acceptors (Lipinski definition) is 5. The van der Waals surface area contributed by atoms with Crippen LogP contribution in [-0.2, 0) is 0 Å². The van der Waals surface area contributed by atoms with Crippen LogP contribution in [0.25, 0.3) is 0 Å². The van der Waals surface area contributed by atoms with Crippen LogP contribution in [-0.4, -0.2) is 52.5 Å². The Bertz CT molecular complexity index is 373. The molecule has 0 amide bonds. The first-order valence-corrected chi connectivity index (χ1v) is 6.79. The Morgan fingerprint density at radius 3 is 2.56 bits per heavy atom. The van der Waals surface area contributed by atoms with E-state index in [1.165, 1.54) is 0 Å². The van der Waals surface area contributed by atoms with E-state index in [9.17, 15) is 0 Å². The molecule has 1 aliphatic rings. The van der Waals surface area contributed by atoms with Gasteiger partial charge in [-0.2, -0.15) is 0 Å². The van der Waals surface area contributed by atoms with Crippen LogP contribution in [0.3, 0.4) is 0 Å². The van der Waals surface area contributed by atoms with E-state index in [-0.39, 0.29) is 0 Å². The van der Waals surface area contributed by atoms with Gasteiger partial charge in [-0.1, -0.05) is 13.8 Å². The Labute approximate surface area is 109 Å². The summed E-state index contributed by atoms with van der Waals surface area (Å²) in [6.07, 6.45) is 2.81. The van der Waals surface area contributed by atoms with Crippen molar-refractivity contribution in [2.24, 2.45) is 0 Å². The van der Waals surface area contributed by atoms with Crippen LogP contribution in [0.15, 0.2) is 12.3 Å². The van der Waals surface area contributed by atoms with Gasteiger partial charge in [0.15, 0.2) is 0 Å². The predicted molar refractivity (Wildman–Crippen MR) is 73.2 cm³/mol. The van der Waals surface area contributed by atoms with E-state index < -0.39 is 0 Å². The van der Waals surface area contributed by atoms with Gasteiger partial charge in [-0.05, 0) is 19.0 Å². The molecule has 0 aliphatic carbocycles. The molecule has 2 N–H and O–H groups in total. The fourth-order valence-corrected chi connectivity index (χ4v) is 2.62. The van der Waals surface area contributed by atoms with Crippen LogP contribution in [0, 0.1) is 0 Å². The molecule has 0 radical (unpaired) electrons. The zero-order chi connectivity index (χ0) is 13.0. The van der Waals surface area contributed by atoms with E-state index in [0.29, 0.717) is 12.0 Å². The van der Waals surface area contributed by atoms with Gasteiger partial charge in [-0.3, -0.25) is 4.90 Å². The summed E-state index contributed by atoms with van der Waals surface area (Å²) in [6.45, 7) is 10.1. The molecule has 0 saturated carbocycles. The Morgan fingerprint density at radius 1 is 1.28 bits per heavy atom. The lowest BCUT2D eigenvalue weighted by Gasteiger charge is -2.38. The Morgan fingerprint density at radius 2 is 2.00 bits per heavy atom. The average molecular weight is 249 g/mol. The number of aromatic nitrogens is 2. The minimum absolute atomic E-state index is 0.370. The summed E-state index contributed by atoms with van der Waals surface area (Å²) in [5, 5.41) is 0. The zero-order valence-electron chi connectivity index (χ0n) is 11.3. The highest BCUT2D eigenvalue weighted by molar-refractivity contribution is 5.19. The number of rotatable bonds is 4. The molecule has 1 fully saturated rings. The highest BCUT2D eigenvalue weighted by atomic mass is 15.3. The first-order chi connectivity index (χ1) is 8.74. The molecule has 18 heavy (non-hydrogen) atoms. The van der Waals surface area contributed by atoms with Crippen LogP contribution < -0.4 is 5.73 Å². The topological polar surface area (TPSA) is 58.3 Å². The molecule has 0 spiro atoms. The van der Waals surface area contributed by atoms with Crippen LogP contribution in [0.4, 0.5) is 5.95 Å². The largest absolute Gasteiger partial charge is 0.368 e. The molecule has 1 aliphatic heterocycles. The van der Waals surface area contributed by atoms with Crippen LogP contribution in [0.2, 0.25) is 0 Å². The van der Waals surface area contributed by atoms with E-state index >= 15 is 0 Å². The van der Waals surface area contributed by atoms with Gasteiger partial charge in [0, 0.05) is 32.4 Å². The molecule has 0 aromatic carbocycles. The summed E-state index contributed by atoms with van der Waals surface area (Å²) in [5.41, 5.74) is 6.73. The number of piperazine rings is 1. The second-order valence-corrected chi connectivity index (χ2v) is 4.73. The number of anilines is 1. The number of likely N-dealkylation sites (N-methyl/N-ethyl adjacent to an activating group) is 1. The van der Waals surface area contributed by atoms with Crippen LogP contribution in [0.5, 0.6) is 0 Å². The minimum atomic E-state index is 0.370. The number of nitrogens with two attached hydrogens (primary N) is 1. The van der Waals surface area contributed by atoms with Crippen molar-refractivity contribution in [1.82, 2.24) is 19.8 Å². The second-order valence-electron chi connectivity index (χ2n) is 4.73. The molecule has 1 aromatic rings. The Hall–Kier alpha value is -1.20. The van der Waals surface area contributed by atoms with E-state index in [2.05, 4.69) is 33.6 Å². The third-order valence-electron chi connectivity index (χ3n) is 3.72. The van der Waals surface area contributed by atoms with Gasteiger partial charge in [-0.25, -0.2) is 9.97 Å². The quantitative estimate of drug-likeness (QED) is 0.867. The van der Waals surface area contributed by atoms with E-state index in [1.54, 1.807) is 6.20 Å². The normalized spacial score (nSPS) is 19.9. The van der Waals surface area contributed by atoms with E-state index in [1.807, 2.05) is 6.07 Å². The Kier molecular flexibility index (Phi) is 4.49. The van der Waals surface area contributed by atoms with Gasteiger partial charge in [0.05, 0.1) is 11.7 Å². The maximum absolute atomic E-state index is 5.68. The summed E-state index contributed by atoms with van der Waals surface area (Å²) >= 11 is 0. The first-order valence-electron chi connectivity index (χ1n) is 6.79. The summed E-state index contributed by atoms with van der Waals surface area (Å²) in [7, 11) is 0. The van der Waals surface area contributed by atoms with Gasteiger partial charge >= 0.3 is 0 Å².